The molecular formula is C27H24ClN5O4S. The Bertz CT molecular complexity index is 1560. The largest absolute Gasteiger partial charge is 0.335 e. The number of amides is 3. The molecule has 1 N–H and O–H groups in total. The first kappa shape index (κ1) is 25.5. The summed E-state index contributed by atoms with van der Waals surface area (Å²) in [6.07, 6.45) is 1.61. The van der Waals surface area contributed by atoms with Crippen molar-refractivity contribution in [2.45, 2.75) is 0 Å². The van der Waals surface area contributed by atoms with Gasteiger partial charge < -0.3 is 15.1 Å². The molecule has 194 valence electrons. The number of carbonyl (C=O) groups excluding carboxylic acids is 2. The molecule has 3 aromatic carbocycles. The molecule has 0 spiro atoms. The van der Waals surface area contributed by atoms with Crippen LogP contribution in [0, 0.1) is 0 Å². The zero-order valence-corrected chi connectivity index (χ0v) is 21.8. The van der Waals surface area contributed by atoms with E-state index in [0.717, 1.165) is 5.39 Å². The van der Waals surface area contributed by atoms with Crippen LogP contribution in [-0.2, 0) is 10.9 Å². The first-order valence-electron chi connectivity index (χ1n) is 11.9. The Kier molecular flexibility index (Phi) is 7.43. The van der Waals surface area contributed by atoms with Crippen LogP contribution in [0.25, 0.3) is 10.9 Å². The van der Waals surface area contributed by atoms with Gasteiger partial charge >= 0.3 is 6.03 Å². The van der Waals surface area contributed by atoms with E-state index in [1.54, 1.807) is 82.7 Å². The molecule has 0 aliphatic carbocycles. The standard InChI is InChI=1S/C27H24ClN5O4S/c28-22-7-1-2-8-23(22)30-27(35)32-17-15-31(16-18-32)26(34)20-10-12-21(13-11-20)33(38(36)37)24-9-3-5-19-6-4-14-29-25(19)24/h1-14,38H,15-18H2,(H,30,35). The smallest absolute Gasteiger partial charge is 0.322 e. The molecule has 1 aromatic heterocycles. The van der Waals surface area contributed by atoms with Crippen molar-refractivity contribution in [1.29, 1.82) is 0 Å². The Hall–Kier alpha value is -4.15. The summed E-state index contributed by atoms with van der Waals surface area (Å²) in [7, 11) is -3.01. The average molecular weight is 550 g/mol. The number of urea groups is 1. The van der Waals surface area contributed by atoms with Crippen molar-refractivity contribution in [1.82, 2.24) is 14.8 Å². The van der Waals surface area contributed by atoms with Crippen LogP contribution < -0.4 is 9.62 Å². The number of pyridine rings is 1. The molecule has 1 aliphatic heterocycles. The molecule has 1 aliphatic rings. The number of nitrogens with zero attached hydrogens (tertiary/aromatic N) is 4. The number of rotatable bonds is 5. The molecule has 0 bridgehead atoms. The van der Waals surface area contributed by atoms with Gasteiger partial charge in [0, 0.05) is 43.3 Å². The van der Waals surface area contributed by atoms with Crippen LogP contribution in [0.2, 0.25) is 5.02 Å². The second-order valence-electron chi connectivity index (χ2n) is 8.64. The van der Waals surface area contributed by atoms with E-state index in [1.165, 1.54) is 4.31 Å². The summed E-state index contributed by atoms with van der Waals surface area (Å²) in [4.78, 5) is 33.4. The number of hydrogen-bond acceptors (Lipinski definition) is 5. The fraction of sp³-hybridized carbons (Fsp3) is 0.148. The Morgan fingerprint density at radius 1 is 0.842 bits per heavy atom. The van der Waals surface area contributed by atoms with Crippen LogP contribution in [0.3, 0.4) is 0 Å². The van der Waals surface area contributed by atoms with E-state index in [-0.39, 0.29) is 11.9 Å². The second-order valence-corrected chi connectivity index (χ2v) is 9.92. The van der Waals surface area contributed by atoms with Crippen LogP contribution in [0.4, 0.5) is 21.9 Å². The van der Waals surface area contributed by atoms with Crippen LogP contribution in [0.15, 0.2) is 85.1 Å². The number of para-hydroxylation sites is 2. The van der Waals surface area contributed by atoms with Gasteiger partial charge in [0.25, 0.3) is 5.91 Å². The lowest BCUT2D eigenvalue weighted by Crippen LogP contribution is -2.51. The van der Waals surface area contributed by atoms with Crippen molar-refractivity contribution >= 4 is 62.4 Å². The van der Waals surface area contributed by atoms with Gasteiger partial charge in [0.05, 0.1) is 27.6 Å². The summed E-state index contributed by atoms with van der Waals surface area (Å²) < 4.78 is 25.7. The van der Waals surface area contributed by atoms with Gasteiger partial charge in [-0.05, 0) is 48.5 Å². The molecule has 0 unspecified atom stereocenters. The topological polar surface area (TPSA) is 103 Å². The van der Waals surface area contributed by atoms with Crippen LogP contribution in [0.1, 0.15) is 10.4 Å². The quantitative estimate of drug-likeness (QED) is 0.356. The number of anilines is 3. The summed E-state index contributed by atoms with van der Waals surface area (Å²) in [5, 5.41) is 4.07. The van der Waals surface area contributed by atoms with Gasteiger partial charge in [-0.2, -0.15) is 0 Å². The maximum absolute atomic E-state index is 13.1. The highest BCUT2D eigenvalue weighted by molar-refractivity contribution is 7.74. The molecule has 0 radical (unpaired) electrons. The highest BCUT2D eigenvalue weighted by Crippen LogP contribution is 2.31. The van der Waals surface area contributed by atoms with Gasteiger partial charge in [0.1, 0.15) is 0 Å². The van der Waals surface area contributed by atoms with Crippen molar-refractivity contribution in [3.05, 3.63) is 95.6 Å². The van der Waals surface area contributed by atoms with E-state index >= 15 is 0 Å². The Labute approximate surface area is 226 Å². The lowest BCUT2D eigenvalue weighted by molar-refractivity contribution is 0.0671. The van der Waals surface area contributed by atoms with Gasteiger partial charge in [-0.25, -0.2) is 17.5 Å². The molecular weight excluding hydrogens is 526 g/mol. The van der Waals surface area contributed by atoms with Crippen molar-refractivity contribution in [3.8, 4) is 0 Å². The first-order valence-corrected chi connectivity index (χ1v) is 13.4. The number of halogens is 1. The molecule has 9 nitrogen and oxygen atoms in total. The number of piperazine rings is 1. The number of thiol groups is 1. The third kappa shape index (κ3) is 5.27. The van der Waals surface area contributed by atoms with E-state index in [1.807, 2.05) is 12.1 Å². The van der Waals surface area contributed by atoms with E-state index in [2.05, 4.69) is 10.3 Å². The SMILES string of the molecule is O=C(Nc1ccccc1Cl)N1CCN(C(=O)c2ccc(N(c3cccc4cccnc34)[SH](=O)=O)cc2)CC1. The zero-order valence-electron chi connectivity index (χ0n) is 20.2. The third-order valence-electron chi connectivity index (χ3n) is 6.33. The van der Waals surface area contributed by atoms with Gasteiger partial charge in [-0.1, -0.05) is 41.9 Å². The van der Waals surface area contributed by atoms with E-state index in [4.69, 9.17) is 11.6 Å². The van der Waals surface area contributed by atoms with Gasteiger partial charge in [-0.3, -0.25) is 9.78 Å². The molecule has 2 heterocycles. The number of carbonyl (C=O) groups is 2. The van der Waals surface area contributed by atoms with Crippen LogP contribution in [-0.4, -0.2) is 61.3 Å². The molecule has 1 saturated heterocycles. The van der Waals surface area contributed by atoms with Crippen molar-refractivity contribution in [3.63, 3.8) is 0 Å². The predicted octanol–water partition coefficient (Wildman–Crippen LogP) is 4.54. The highest BCUT2D eigenvalue weighted by atomic mass is 35.5. The lowest BCUT2D eigenvalue weighted by Gasteiger charge is -2.34. The summed E-state index contributed by atoms with van der Waals surface area (Å²) in [6.45, 7) is 1.49. The van der Waals surface area contributed by atoms with E-state index in [0.29, 0.717) is 59.3 Å². The zero-order chi connectivity index (χ0) is 26.6. The second kappa shape index (κ2) is 11.1. The molecule has 5 rings (SSSR count). The van der Waals surface area contributed by atoms with Gasteiger partial charge in [0.2, 0.25) is 10.9 Å². The van der Waals surface area contributed by atoms with Crippen LogP contribution >= 0.6 is 11.6 Å². The van der Waals surface area contributed by atoms with Crippen molar-refractivity contribution in [2.75, 3.05) is 35.8 Å². The fourth-order valence-electron chi connectivity index (χ4n) is 4.38. The van der Waals surface area contributed by atoms with Crippen LogP contribution in [0.5, 0.6) is 0 Å². The van der Waals surface area contributed by atoms with Gasteiger partial charge in [0.15, 0.2) is 0 Å². The molecule has 11 heteroatoms. The summed E-state index contributed by atoms with van der Waals surface area (Å²) in [5.41, 5.74) is 2.36. The summed E-state index contributed by atoms with van der Waals surface area (Å²) in [6, 6.07) is 22.1. The molecule has 0 atom stereocenters. The average Bonchev–Trinajstić information content (AvgIpc) is 2.94. The normalized spacial score (nSPS) is 13.5. The maximum atomic E-state index is 13.1. The van der Waals surface area contributed by atoms with E-state index in [9.17, 15) is 18.0 Å². The Morgan fingerprint density at radius 2 is 1.53 bits per heavy atom. The Morgan fingerprint density at radius 3 is 2.24 bits per heavy atom. The number of nitrogens with one attached hydrogen (secondary N) is 1. The van der Waals surface area contributed by atoms with Gasteiger partial charge in [-0.15, -0.1) is 0 Å². The molecule has 38 heavy (non-hydrogen) atoms. The van der Waals surface area contributed by atoms with E-state index < -0.39 is 10.9 Å². The first-order chi connectivity index (χ1) is 18.4. The van der Waals surface area contributed by atoms with Crippen molar-refractivity contribution in [2.24, 2.45) is 0 Å². The number of aromatic nitrogens is 1. The number of benzene rings is 3. The number of fused-ring (bicyclic) bond motifs is 1. The molecule has 1 fully saturated rings. The molecule has 4 aromatic rings. The Balaban J connectivity index is 1.26. The third-order valence-corrected chi connectivity index (χ3v) is 7.43. The number of hydrogen-bond donors (Lipinski definition) is 2. The summed E-state index contributed by atoms with van der Waals surface area (Å²) in [5.74, 6) is -0.187. The minimum absolute atomic E-state index is 0.187. The predicted molar refractivity (Wildman–Crippen MR) is 149 cm³/mol. The molecule has 0 saturated carbocycles. The lowest BCUT2D eigenvalue weighted by atomic mass is 10.1. The van der Waals surface area contributed by atoms with Crippen molar-refractivity contribution < 1.29 is 18.0 Å². The highest BCUT2D eigenvalue weighted by Gasteiger charge is 2.25. The monoisotopic (exact) mass is 549 g/mol. The maximum Gasteiger partial charge on any atom is 0.322 e. The fourth-order valence-corrected chi connectivity index (χ4v) is 5.22. The molecule has 3 amide bonds. The minimum Gasteiger partial charge on any atom is -0.335 e. The summed E-state index contributed by atoms with van der Waals surface area (Å²) >= 11 is 6.12. The minimum atomic E-state index is -3.01.